The number of carbonyl (C=O) groups is 1. The van der Waals surface area contributed by atoms with Crippen LogP contribution in [0.4, 0.5) is 0 Å². The first-order chi connectivity index (χ1) is 24.4. The Hall–Kier alpha value is -1.54. The second kappa shape index (κ2) is 38.7. The Kier molecular flexibility index (Phi) is 37.5. The lowest BCUT2D eigenvalue weighted by Gasteiger charge is -2.20. The first kappa shape index (κ1) is 48.5. The van der Waals surface area contributed by atoms with Crippen molar-refractivity contribution in [3.63, 3.8) is 0 Å². The van der Waals surface area contributed by atoms with Gasteiger partial charge in [0.25, 0.3) is 0 Å². The van der Waals surface area contributed by atoms with E-state index in [1.165, 1.54) is 83.5 Å². The van der Waals surface area contributed by atoms with Gasteiger partial charge >= 0.3 is 13.8 Å². The molecule has 0 aliphatic heterocycles. The van der Waals surface area contributed by atoms with Gasteiger partial charge in [0.15, 0.2) is 0 Å². The van der Waals surface area contributed by atoms with Crippen LogP contribution in [0.25, 0.3) is 0 Å². The number of hydrogen-bond donors (Lipinski definition) is 2. The topological polar surface area (TPSA) is 117 Å². The fraction of sp³-hybridized carbons (Fsp3) is 0.780. The molecule has 0 aliphatic rings. The van der Waals surface area contributed by atoms with E-state index in [1.807, 2.05) is 0 Å². The number of rotatable bonds is 38. The molecule has 0 aromatic carbocycles. The molecule has 9 heteroatoms. The second-order valence-corrected chi connectivity index (χ2v) is 14.6. The minimum Gasteiger partial charge on any atom is -0.457 e. The first-order valence-electron chi connectivity index (χ1n) is 20.1. The number of hydrogen-bond acceptors (Lipinski definition) is 7. The van der Waals surface area contributed by atoms with Crippen LogP contribution in [0.15, 0.2) is 48.6 Å². The van der Waals surface area contributed by atoms with Gasteiger partial charge in [-0.3, -0.25) is 13.8 Å². The lowest BCUT2D eigenvalue weighted by atomic mass is 10.1. The number of unbranched alkanes of at least 4 members (excludes halogenated alkanes) is 17. The van der Waals surface area contributed by atoms with Gasteiger partial charge in [0.1, 0.15) is 6.10 Å². The third kappa shape index (κ3) is 37.7. The number of allylic oxidation sites excluding steroid dienone is 8. The van der Waals surface area contributed by atoms with Gasteiger partial charge in [-0.15, -0.1) is 0 Å². The maximum absolute atomic E-state index is 12.5. The number of phosphoric acid groups is 1. The molecule has 292 valence electrons. The maximum Gasteiger partial charge on any atom is 0.472 e. The van der Waals surface area contributed by atoms with Gasteiger partial charge in [-0.1, -0.05) is 159 Å². The van der Waals surface area contributed by atoms with Crippen molar-refractivity contribution < 1.29 is 32.8 Å². The first-order valence-corrected chi connectivity index (χ1v) is 21.6. The van der Waals surface area contributed by atoms with E-state index in [4.69, 9.17) is 24.3 Å². The highest BCUT2D eigenvalue weighted by Crippen LogP contribution is 2.43. The van der Waals surface area contributed by atoms with E-state index in [0.717, 1.165) is 64.2 Å². The molecule has 0 aliphatic carbocycles. The Morgan fingerprint density at radius 3 is 1.68 bits per heavy atom. The minimum absolute atomic E-state index is 0.0977. The van der Waals surface area contributed by atoms with Crippen molar-refractivity contribution in [1.29, 1.82) is 0 Å². The number of phosphoric ester groups is 1. The van der Waals surface area contributed by atoms with Gasteiger partial charge in [-0.05, 0) is 51.4 Å². The quantitative estimate of drug-likeness (QED) is 0.0279. The van der Waals surface area contributed by atoms with Crippen LogP contribution in [0.5, 0.6) is 0 Å². The van der Waals surface area contributed by atoms with Crippen LogP contribution in [-0.4, -0.2) is 49.9 Å². The van der Waals surface area contributed by atoms with Gasteiger partial charge in [0.2, 0.25) is 0 Å². The van der Waals surface area contributed by atoms with E-state index in [-0.39, 0.29) is 32.3 Å². The van der Waals surface area contributed by atoms with Crippen LogP contribution in [-0.2, 0) is 27.9 Å². The molecule has 2 atom stereocenters. The summed E-state index contributed by atoms with van der Waals surface area (Å²) >= 11 is 0. The molecule has 0 saturated carbocycles. The van der Waals surface area contributed by atoms with Crippen LogP contribution in [0, 0.1) is 0 Å². The van der Waals surface area contributed by atoms with Crippen LogP contribution in [0.1, 0.15) is 168 Å². The van der Waals surface area contributed by atoms with Crippen molar-refractivity contribution in [3.8, 4) is 0 Å². The zero-order valence-corrected chi connectivity index (χ0v) is 33.0. The lowest BCUT2D eigenvalue weighted by Crippen LogP contribution is -2.28. The Balaban J connectivity index is 4.03. The minimum atomic E-state index is -4.27. The van der Waals surface area contributed by atoms with Crippen LogP contribution < -0.4 is 5.73 Å². The highest BCUT2D eigenvalue weighted by atomic mass is 31.2. The monoisotopic (exact) mass is 726 g/mol. The molecular weight excluding hydrogens is 649 g/mol. The van der Waals surface area contributed by atoms with Crippen molar-refractivity contribution in [2.75, 3.05) is 33.0 Å². The summed E-state index contributed by atoms with van der Waals surface area (Å²) in [6.07, 6.45) is 44.1. The van der Waals surface area contributed by atoms with Crippen molar-refractivity contribution in [2.24, 2.45) is 5.73 Å². The normalized spacial score (nSPS) is 14.1. The van der Waals surface area contributed by atoms with E-state index in [9.17, 15) is 14.3 Å². The average molecular weight is 726 g/mol. The van der Waals surface area contributed by atoms with E-state index in [1.54, 1.807) is 0 Å². The van der Waals surface area contributed by atoms with Crippen molar-refractivity contribution in [3.05, 3.63) is 48.6 Å². The summed E-state index contributed by atoms with van der Waals surface area (Å²) in [5.41, 5.74) is 5.35. The summed E-state index contributed by atoms with van der Waals surface area (Å²) in [6.45, 7) is 4.79. The maximum atomic E-state index is 12.5. The van der Waals surface area contributed by atoms with Gasteiger partial charge < -0.3 is 20.1 Å². The molecule has 0 aromatic heterocycles. The van der Waals surface area contributed by atoms with Crippen molar-refractivity contribution >= 4 is 13.8 Å². The van der Waals surface area contributed by atoms with Gasteiger partial charge in [0.05, 0.1) is 19.8 Å². The van der Waals surface area contributed by atoms with E-state index in [2.05, 4.69) is 62.5 Å². The third-order valence-electron chi connectivity index (χ3n) is 8.26. The van der Waals surface area contributed by atoms with Gasteiger partial charge in [0, 0.05) is 19.6 Å². The molecule has 0 radical (unpaired) electrons. The molecule has 3 N–H and O–H groups in total. The standard InChI is InChI=1S/C41H76NO7P/c1-3-5-7-9-11-13-15-16-17-18-19-20-21-22-23-24-25-26-28-30-32-34-41(43)49-40(39-48-50(44,45)47-37-35-42)38-46-36-33-31-29-27-14-12-10-8-6-4-2/h5,7,11,13,16-17,19-20,40H,3-4,6,8-10,12,14-15,18,21-39,42H2,1-2H3,(H,44,45)/b7-5-,13-11-,17-16-,20-19-. The highest BCUT2D eigenvalue weighted by molar-refractivity contribution is 7.47. The molecule has 0 fully saturated rings. The van der Waals surface area contributed by atoms with Gasteiger partial charge in [-0.2, -0.15) is 0 Å². The molecule has 0 heterocycles. The molecule has 2 unspecified atom stereocenters. The average Bonchev–Trinajstić information content (AvgIpc) is 3.10. The second-order valence-electron chi connectivity index (χ2n) is 13.1. The smallest absolute Gasteiger partial charge is 0.457 e. The Bertz CT molecular complexity index is 905. The summed E-state index contributed by atoms with van der Waals surface area (Å²) in [4.78, 5) is 22.4. The Morgan fingerprint density at radius 2 is 1.12 bits per heavy atom. The fourth-order valence-corrected chi connectivity index (χ4v) is 6.11. The van der Waals surface area contributed by atoms with E-state index < -0.39 is 13.9 Å². The lowest BCUT2D eigenvalue weighted by molar-refractivity contribution is -0.154. The molecule has 50 heavy (non-hydrogen) atoms. The zero-order chi connectivity index (χ0) is 36.6. The third-order valence-corrected chi connectivity index (χ3v) is 9.24. The predicted octanol–water partition coefficient (Wildman–Crippen LogP) is 11.6. The molecule has 0 saturated heterocycles. The van der Waals surface area contributed by atoms with Crippen LogP contribution >= 0.6 is 7.82 Å². The highest BCUT2D eigenvalue weighted by Gasteiger charge is 2.25. The fourth-order valence-electron chi connectivity index (χ4n) is 5.34. The Labute approximate surface area is 307 Å². The van der Waals surface area contributed by atoms with Crippen LogP contribution in [0.2, 0.25) is 0 Å². The summed E-state index contributed by atoms with van der Waals surface area (Å²) in [7, 11) is -4.27. The van der Waals surface area contributed by atoms with Gasteiger partial charge in [-0.25, -0.2) is 4.57 Å². The van der Waals surface area contributed by atoms with Crippen LogP contribution in [0.3, 0.4) is 0 Å². The molecule has 0 spiro atoms. The Morgan fingerprint density at radius 1 is 0.620 bits per heavy atom. The molecule has 0 rings (SSSR count). The molecule has 0 aromatic rings. The summed E-state index contributed by atoms with van der Waals surface area (Å²) in [6, 6.07) is 0. The predicted molar refractivity (Wildman–Crippen MR) is 210 cm³/mol. The molecule has 8 nitrogen and oxygen atoms in total. The molecule has 0 amide bonds. The summed E-state index contributed by atoms with van der Waals surface area (Å²) in [5, 5.41) is 0. The number of esters is 1. The number of carbonyl (C=O) groups excluding carboxylic acids is 1. The van der Waals surface area contributed by atoms with Crippen molar-refractivity contribution in [1.82, 2.24) is 0 Å². The number of ether oxygens (including phenoxy) is 2. The summed E-state index contributed by atoms with van der Waals surface area (Å²) in [5.74, 6) is -0.340. The van der Waals surface area contributed by atoms with E-state index >= 15 is 0 Å². The SMILES string of the molecule is CC/C=C\C/C=C\C/C=C\C/C=C\CCCCCCCCCCC(=O)OC(COCCCCCCCCCCCC)COP(=O)(O)OCCN. The molecule has 0 bridgehead atoms. The zero-order valence-electron chi connectivity index (χ0n) is 32.1. The molecular formula is C41H76NO7P. The van der Waals surface area contributed by atoms with Crippen molar-refractivity contribution in [2.45, 2.75) is 174 Å². The number of nitrogens with two attached hydrogens (primary N) is 1. The van der Waals surface area contributed by atoms with E-state index in [0.29, 0.717) is 13.0 Å². The largest absolute Gasteiger partial charge is 0.472 e. The summed E-state index contributed by atoms with van der Waals surface area (Å²) < 4.78 is 33.3.